The average molecular weight is 452 g/mol. The Kier molecular flexibility index (Phi) is 5.35. The molecule has 1 aliphatic rings. The van der Waals surface area contributed by atoms with Crippen LogP contribution in [-0.2, 0) is 4.74 Å². The molecule has 8 heteroatoms. The normalized spacial score (nSPS) is 14.9. The van der Waals surface area contributed by atoms with Gasteiger partial charge in [-0.1, -0.05) is 11.6 Å². The van der Waals surface area contributed by atoms with Crippen molar-refractivity contribution in [3.05, 3.63) is 64.6 Å². The number of hydrogen-bond acceptors (Lipinski definition) is 5. The second kappa shape index (κ2) is 8.31. The number of fused-ring (bicyclic) bond motifs is 2. The van der Waals surface area contributed by atoms with E-state index in [0.29, 0.717) is 41.9 Å². The third-order valence-electron chi connectivity index (χ3n) is 5.86. The molecular formula is C24H22ClN3O4. The first kappa shape index (κ1) is 20.6. The number of amides is 1. The number of ether oxygens (including phenoxy) is 1. The lowest BCUT2D eigenvalue weighted by molar-refractivity contribution is 0.0520. The Balaban J connectivity index is 1.28. The van der Waals surface area contributed by atoms with E-state index in [-0.39, 0.29) is 11.8 Å². The van der Waals surface area contributed by atoms with E-state index >= 15 is 0 Å². The van der Waals surface area contributed by atoms with Crippen LogP contribution in [0.25, 0.3) is 22.0 Å². The van der Waals surface area contributed by atoms with Gasteiger partial charge in [0.1, 0.15) is 11.2 Å². The van der Waals surface area contributed by atoms with Crippen molar-refractivity contribution in [2.24, 2.45) is 0 Å². The zero-order valence-corrected chi connectivity index (χ0v) is 18.3. The molecule has 2 aromatic carbocycles. The highest BCUT2D eigenvalue weighted by Gasteiger charge is 2.28. The first-order chi connectivity index (χ1) is 15.5. The van der Waals surface area contributed by atoms with Crippen LogP contribution in [0, 0.1) is 0 Å². The fourth-order valence-corrected chi connectivity index (χ4v) is 4.36. The minimum absolute atomic E-state index is 0.0198. The lowest BCUT2D eigenvalue weighted by Crippen LogP contribution is -2.37. The van der Waals surface area contributed by atoms with Crippen molar-refractivity contribution in [2.45, 2.75) is 25.7 Å². The molecule has 3 heterocycles. The van der Waals surface area contributed by atoms with Crippen LogP contribution in [0.3, 0.4) is 0 Å². The fraction of sp³-hybridized carbons (Fsp3) is 0.292. The van der Waals surface area contributed by atoms with Gasteiger partial charge in [-0.2, -0.15) is 0 Å². The molecule has 0 spiro atoms. The summed E-state index contributed by atoms with van der Waals surface area (Å²) in [4.78, 5) is 34.5. The lowest BCUT2D eigenvalue weighted by Gasteiger charge is -2.30. The van der Waals surface area contributed by atoms with Gasteiger partial charge in [0.25, 0.3) is 5.91 Å². The summed E-state index contributed by atoms with van der Waals surface area (Å²) in [6, 6.07) is 12.6. The van der Waals surface area contributed by atoms with Gasteiger partial charge < -0.3 is 19.0 Å². The number of likely N-dealkylation sites (tertiary alicyclic amines) is 1. The number of hydrogen-bond donors (Lipinski definition) is 1. The Morgan fingerprint density at radius 3 is 2.78 bits per heavy atom. The van der Waals surface area contributed by atoms with Gasteiger partial charge in [-0.3, -0.25) is 4.79 Å². The molecule has 0 atom stereocenters. The van der Waals surface area contributed by atoms with Crippen LogP contribution >= 0.6 is 11.6 Å². The van der Waals surface area contributed by atoms with E-state index in [2.05, 4.69) is 9.97 Å². The highest BCUT2D eigenvalue weighted by atomic mass is 35.5. The number of nitrogens with one attached hydrogen (secondary N) is 1. The minimum Gasteiger partial charge on any atom is -0.461 e. The molecule has 1 saturated heterocycles. The topological polar surface area (TPSA) is 88.4 Å². The maximum atomic E-state index is 13.1. The quantitative estimate of drug-likeness (QED) is 0.433. The van der Waals surface area contributed by atoms with Gasteiger partial charge in [0.15, 0.2) is 11.5 Å². The maximum absolute atomic E-state index is 13.1. The summed E-state index contributed by atoms with van der Waals surface area (Å²) in [6.07, 6.45) is 1.57. The fourth-order valence-electron chi connectivity index (χ4n) is 4.19. The van der Waals surface area contributed by atoms with E-state index in [0.717, 1.165) is 34.8 Å². The Morgan fingerprint density at radius 2 is 2.00 bits per heavy atom. The highest BCUT2D eigenvalue weighted by Crippen LogP contribution is 2.31. The van der Waals surface area contributed by atoms with E-state index in [1.807, 2.05) is 23.1 Å². The van der Waals surface area contributed by atoms with Crippen LogP contribution in [-0.4, -0.2) is 46.4 Å². The van der Waals surface area contributed by atoms with Crippen LogP contribution < -0.4 is 0 Å². The number of aromatic nitrogens is 2. The summed E-state index contributed by atoms with van der Waals surface area (Å²) < 4.78 is 11.0. The zero-order chi connectivity index (χ0) is 22.2. The number of oxazole rings is 1. The molecule has 1 amide bonds. The number of halogens is 1. The molecule has 5 rings (SSSR count). The number of nitrogens with zero attached hydrogens (tertiary/aromatic N) is 2. The number of aromatic amines is 1. The number of carbonyl (C=O) groups excluding carboxylic acids is 2. The van der Waals surface area contributed by atoms with Crippen LogP contribution in [0.2, 0.25) is 5.02 Å². The van der Waals surface area contributed by atoms with Crippen LogP contribution in [0.15, 0.2) is 46.9 Å². The number of piperidine rings is 1. The molecule has 4 aromatic rings. The molecule has 2 aromatic heterocycles. The van der Waals surface area contributed by atoms with Gasteiger partial charge >= 0.3 is 5.97 Å². The van der Waals surface area contributed by atoms with E-state index in [4.69, 9.17) is 20.8 Å². The van der Waals surface area contributed by atoms with Crippen molar-refractivity contribution >= 4 is 45.5 Å². The second-order valence-electron chi connectivity index (χ2n) is 7.94. The number of carbonyl (C=O) groups is 2. The molecule has 32 heavy (non-hydrogen) atoms. The Hall–Kier alpha value is -3.32. The second-order valence-corrected chi connectivity index (χ2v) is 8.37. The first-order valence-corrected chi connectivity index (χ1v) is 11.0. The Labute approximate surface area is 189 Å². The molecule has 0 radical (unpaired) electrons. The van der Waals surface area contributed by atoms with Crippen molar-refractivity contribution in [3.63, 3.8) is 0 Å². The van der Waals surface area contributed by atoms with Crippen molar-refractivity contribution < 1.29 is 18.7 Å². The average Bonchev–Trinajstić information content (AvgIpc) is 3.42. The van der Waals surface area contributed by atoms with E-state index in [9.17, 15) is 9.59 Å². The third kappa shape index (κ3) is 3.84. The lowest BCUT2D eigenvalue weighted by atomic mass is 9.96. The van der Waals surface area contributed by atoms with Crippen LogP contribution in [0.5, 0.6) is 0 Å². The molecule has 0 saturated carbocycles. The summed E-state index contributed by atoms with van der Waals surface area (Å²) in [5, 5.41) is 1.44. The standard InChI is InChI=1S/C24H22ClN3O4/c1-2-31-24(30)20-12-16-11-15(3-5-18(16)26-20)23(29)28-9-7-14(8-10-28)22-27-19-13-17(25)4-6-21(19)32-22/h3-6,11-14,26H,2,7-10H2,1H3. The van der Waals surface area contributed by atoms with Gasteiger partial charge in [-0.05, 0) is 62.2 Å². The number of H-pyrrole nitrogens is 1. The minimum atomic E-state index is -0.403. The molecule has 0 aliphatic carbocycles. The SMILES string of the molecule is CCOC(=O)c1cc2cc(C(=O)N3CCC(c4nc5cc(Cl)ccc5o4)CC3)ccc2[nH]1. The maximum Gasteiger partial charge on any atom is 0.354 e. The molecule has 7 nitrogen and oxygen atoms in total. The molecular weight excluding hydrogens is 430 g/mol. The van der Waals surface area contributed by atoms with Crippen molar-refractivity contribution in [2.75, 3.05) is 19.7 Å². The molecule has 1 aliphatic heterocycles. The predicted molar refractivity (Wildman–Crippen MR) is 121 cm³/mol. The monoisotopic (exact) mass is 451 g/mol. The van der Waals surface area contributed by atoms with Crippen molar-refractivity contribution in [1.82, 2.24) is 14.9 Å². The van der Waals surface area contributed by atoms with Crippen molar-refractivity contribution in [3.8, 4) is 0 Å². The Bertz CT molecular complexity index is 1320. The number of esters is 1. The van der Waals surface area contributed by atoms with E-state index in [1.165, 1.54) is 0 Å². The van der Waals surface area contributed by atoms with E-state index in [1.54, 1.807) is 31.2 Å². The van der Waals surface area contributed by atoms with Crippen molar-refractivity contribution in [1.29, 1.82) is 0 Å². The molecule has 0 bridgehead atoms. The number of benzene rings is 2. The molecule has 164 valence electrons. The van der Waals surface area contributed by atoms with Gasteiger partial charge in [0.05, 0.1) is 6.61 Å². The smallest absolute Gasteiger partial charge is 0.354 e. The summed E-state index contributed by atoms with van der Waals surface area (Å²) in [7, 11) is 0. The first-order valence-electron chi connectivity index (χ1n) is 10.7. The highest BCUT2D eigenvalue weighted by molar-refractivity contribution is 6.31. The Morgan fingerprint density at radius 1 is 1.19 bits per heavy atom. The molecule has 1 fully saturated rings. The summed E-state index contributed by atoms with van der Waals surface area (Å²) in [6.45, 7) is 3.33. The number of rotatable bonds is 4. The van der Waals surface area contributed by atoms with Gasteiger partial charge in [-0.15, -0.1) is 0 Å². The largest absolute Gasteiger partial charge is 0.461 e. The predicted octanol–water partition coefficient (Wildman–Crippen LogP) is 5.16. The summed E-state index contributed by atoms with van der Waals surface area (Å²) in [5.41, 5.74) is 3.26. The summed E-state index contributed by atoms with van der Waals surface area (Å²) >= 11 is 6.04. The molecule has 0 unspecified atom stereocenters. The third-order valence-corrected chi connectivity index (χ3v) is 6.10. The van der Waals surface area contributed by atoms with E-state index < -0.39 is 5.97 Å². The van der Waals surface area contributed by atoms with Crippen LogP contribution in [0.4, 0.5) is 0 Å². The summed E-state index contributed by atoms with van der Waals surface area (Å²) in [5.74, 6) is 0.452. The van der Waals surface area contributed by atoms with Gasteiger partial charge in [-0.25, -0.2) is 9.78 Å². The van der Waals surface area contributed by atoms with Gasteiger partial charge in [0, 0.05) is 40.5 Å². The zero-order valence-electron chi connectivity index (χ0n) is 17.6. The molecule has 1 N–H and O–H groups in total. The van der Waals surface area contributed by atoms with Crippen LogP contribution in [0.1, 0.15) is 52.4 Å². The van der Waals surface area contributed by atoms with Gasteiger partial charge in [0.2, 0.25) is 0 Å².